The number of thioether (sulfide) groups is 1. The third-order valence-corrected chi connectivity index (χ3v) is 6.18. The number of para-hydroxylation sites is 1. The van der Waals surface area contributed by atoms with E-state index in [0.29, 0.717) is 12.2 Å². The third kappa shape index (κ3) is 4.76. The van der Waals surface area contributed by atoms with Crippen molar-refractivity contribution in [2.75, 3.05) is 16.0 Å². The molecule has 2 aromatic carbocycles. The molecule has 0 aromatic heterocycles. The highest BCUT2D eigenvalue weighted by Gasteiger charge is 2.35. The van der Waals surface area contributed by atoms with Crippen molar-refractivity contribution in [2.45, 2.75) is 51.3 Å². The van der Waals surface area contributed by atoms with Crippen LogP contribution in [0.2, 0.25) is 0 Å². The average molecular weight is 397 g/mol. The second-order valence-corrected chi connectivity index (χ2v) is 8.11. The number of nitrogens with zero attached hydrogens (tertiary/aromatic N) is 1. The predicted molar refractivity (Wildman–Crippen MR) is 118 cm³/mol. The molecule has 1 atom stereocenters. The van der Waals surface area contributed by atoms with Gasteiger partial charge in [-0.25, -0.2) is 0 Å². The van der Waals surface area contributed by atoms with Gasteiger partial charge in [0.2, 0.25) is 11.8 Å². The Kier molecular flexibility index (Phi) is 7.15. The SMILES string of the molecule is CCCCCC(=O)Nc1cccc([C@@H]2SCC(=O)N2c2ccccc2CC)c1. The van der Waals surface area contributed by atoms with Crippen LogP contribution in [-0.4, -0.2) is 17.6 Å². The van der Waals surface area contributed by atoms with Crippen LogP contribution in [0, 0.1) is 0 Å². The average Bonchev–Trinajstić information content (AvgIpc) is 3.09. The van der Waals surface area contributed by atoms with Gasteiger partial charge in [-0.1, -0.05) is 57.0 Å². The van der Waals surface area contributed by atoms with Gasteiger partial charge in [0, 0.05) is 17.8 Å². The van der Waals surface area contributed by atoms with Crippen LogP contribution in [0.15, 0.2) is 48.5 Å². The molecule has 0 saturated carbocycles. The Bertz CT molecular complexity index is 837. The Morgan fingerprint density at radius 1 is 1.14 bits per heavy atom. The first-order valence-corrected chi connectivity index (χ1v) is 11.1. The van der Waals surface area contributed by atoms with Gasteiger partial charge >= 0.3 is 0 Å². The lowest BCUT2D eigenvalue weighted by molar-refractivity contribution is -0.117. The van der Waals surface area contributed by atoms with E-state index in [2.05, 4.69) is 25.2 Å². The van der Waals surface area contributed by atoms with Crippen LogP contribution in [0.1, 0.15) is 56.0 Å². The zero-order valence-corrected chi connectivity index (χ0v) is 17.4. The summed E-state index contributed by atoms with van der Waals surface area (Å²) in [7, 11) is 0. The Labute approximate surface area is 171 Å². The van der Waals surface area contributed by atoms with E-state index in [-0.39, 0.29) is 17.2 Å². The number of aryl methyl sites for hydroxylation is 1. The first-order valence-electron chi connectivity index (χ1n) is 10.1. The molecule has 2 aromatic rings. The highest BCUT2D eigenvalue weighted by Crippen LogP contribution is 2.43. The maximum Gasteiger partial charge on any atom is 0.238 e. The first kappa shape index (κ1) is 20.5. The minimum absolute atomic E-state index is 0.0499. The molecule has 0 unspecified atom stereocenters. The molecule has 1 N–H and O–H groups in total. The standard InChI is InChI=1S/C23H28N2O2S/c1-3-5-6-14-21(26)24-19-12-9-11-18(15-19)23-25(22(27)16-28-23)20-13-8-7-10-17(20)4-2/h7-13,15,23H,3-6,14,16H2,1-2H3,(H,24,26)/t23-/m0/s1. The lowest BCUT2D eigenvalue weighted by Crippen LogP contribution is -2.28. The number of benzene rings is 2. The van der Waals surface area contributed by atoms with Crippen LogP contribution < -0.4 is 10.2 Å². The van der Waals surface area contributed by atoms with Crippen LogP contribution in [0.3, 0.4) is 0 Å². The summed E-state index contributed by atoms with van der Waals surface area (Å²) in [4.78, 5) is 26.7. The summed E-state index contributed by atoms with van der Waals surface area (Å²) in [6, 6.07) is 16.0. The molecule has 1 fully saturated rings. The molecule has 1 heterocycles. The minimum Gasteiger partial charge on any atom is -0.326 e. The Hall–Kier alpha value is -2.27. The summed E-state index contributed by atoms with van der Waals surface area (Å²) in [6.07, 6.45) is 4.51. The normalized spacial score (nSPS) is 16.4. The second-order valence-electron chi connectivity index (χ2n) is 7.04. The molecule has 0 aliphatic carbocycles. The van der Waals surface area contributed by atoms with E-state index in [1.807, 2.05) is 47.4 Å². The quantitative estimate of drug-likeness (QED) is 0.596. The fourth-order valence-electron chi connectivity index (χ4n) is 3.50. The van der Waals surface area contributed by atoms with Gasteiger partial charge in [-0.05, 0) is 42.2 Å². The maximum atomic E-state index is 12.7. The number of carbonyl (C=O) groups excluding carboxylic acids is 2. The molecule has 4 nitrogen and oxygen atoms in total. The summed E-state index contributed by atoms with van der Waals surface area (Å²) >= 11 is 1.63. The molecule has 1 aliphatic heterocycles. The maximum absolute atomic E-state index is 12.7. The summed E-state index contributed by atoms with van der Waals surface area (Å²) in [5, 5.41) is 2.93. The topological polar surface area (TPSA) is 49.4 Å². The van der Waals surface area contributed by atoms with Crippen molar-refractivity contribution in [1.29, 1.82) is 0 Å². The molecule has 1 saturated heterocycles. The van der Waals surface area contributed by atoms with Crippen molar-refractivity contribution in [3.05, 3.63) is 59.7 Å². The predicted octanol–water partition coefficient (Wildman–Crippen LogP) is 5.55. The summed E-state index contributed by atoms with van der Waals surface area (Å²) in [5.74, 6) is 0.648. The van der Waals surface area contributed by atoms with Crippen molar-refractivity contribution in [1.82, 2.24) is 0 Å². The number of unbranched alkanes of at least 4 members (excludes halogenated alkanes) is 2. The zero-order chi connectivity index (χ0) is 19.9. The van der Waals surface area contributed by atoms with Gasteiger partial charge < -0.3 is 5.32 Å². The number of carbonyl (C=O) groups is 2. The van der Waals surface area contributed by atoms with Crippen LogP contribution in [0.4, 0.5) is 11.4 Å². The van der Waals surface area contributed by atoms with E-state index in [9.17, 15) is 9.59 Å². The summed E-state index contributed by atoms with van der Waals surface area (Å²) < 4.78 is 0. The minimum atomic E-state index is -0.0721. The van der Waals surface area contributed by atoms with Gasteiger partial charge in [-0.15, -0.1) is 11.8 Å². The van der Waals surface area contributed by atoms with Gasteiger partial charge in [0.1, 0.15) is 5.37 Å². The second kappa shape index (κ2) is 9.78. The molecule has 3 rings (SSSR count). The number of rotatable bonds is 8. The van der Waals surface area contributed by atoms with Crippen molar-refractivity contribution < 1.29 is 9.59 Å². The Morgan fingerprint density at radius 3 is 2.75 bits per heavy atom. The number of anilines is 2. The van der Waals surface area contributed by atoms with Gasteiger partial charge in [-0.3, -0.25) is 14.5 Å². The number of hydrogen-bond donors (Lipinski definition) is 1. The first-order chi connectivity index (χ1) is 13.6. The van der Waals surface area contributed by atoms with E-state index in [1.165, 1.54) is 5.56 Å². The lowest BCUT2D eigenvalue weighted by atomic mass is 10.1. The van der Waals surface area contributed by atoms with Gasteiger partial charge in [-0.2, -0.15) is 0 Å². The summed E-state index contributed by atoms with van der Waals surface area (Å²) in [6.45, 7) is 4.24. The highest BCUT2D eigenvalue weighted by molar-refractivity contribution is 8.00. The molecular weight excluding hydrogens is 368 g/mol. The van der Waals surface area contributed by atoms with Crippen molar-refractivity contribution >= 4 is 35.0 Å². The number of hydrogen-bond acceptors (Lipinski definition) is 3. The van der Waals surface area contributed by atoms with E-state index >= 15 is 0 Å². The highest BCUT2D eigenvalue weighted by atomic mass is 32.2. The largest absolute Gasteiger partial charge is 0.326 e. The van der Waals surface area contributed by atoms with Crippen molar-refractivity contribution in [3.8, 4) is 0 Å². The fourth-order valence-corrected chi connectivity index (χ4v) is 4.66. The Morgan fingerprint density at radius 2 is 1.96 bits per heavy atom. The van der Waals surface area contributed by atoms with Crippen molar-refractivity contribution in [3.63, 3.8) is 0 Å². The van der Waals surface area contributed by atoms with Gasteiger partial charge in [0.25, 0.3) is 0 Å². The van der Waals surface area contributed by atoms with Crippen LogP contribution in [-0.2, 0) is 16.0 Å². The van der Waals surface area contributed by atoms with Crippen LogP contribution in [0.5, 0.6) is 0 Å². The Balaban J connectivity index is 1.80. The molecule has 148 valence electrons. The molecule has 2 amide bonds. The van der Waals surface area contributed by atoms with E-state index in [0.717, 1.165) is 42.6 Å². The van der Waals surface area contributed by atoms with Crippen LogP contribution >= 0.6 is 11.8 Å². The lowest BCUT2D eigenvalue weighted by Gasteiger charge is -2.26. The smallest absolute Gasteiger partial charge is 0.238 e. The molecule has 28 heavy (non-hydrogen) atoms. The third-order valence-electron chi connectivity index (χ3n) is 4.96. The molecule has 5 heteroatoms. The molecule has 0 radical (unpaired) electrons. The van der Waals surface area contributed by atoms with Gasteiger partial charge in [0.15, 0.2) is 0 Å². The van der Waals surface area contributed by atoms with E-state index in [1.54, 1.807) is 11.8 Å². The number of nitrogens with one attached hydrogen (secondary N) is 1. The number of amides is 2. The zero-order valence-electron chi connectivity index (χ0n) is 16.6. The van der Waals surface area contributed by atoms with Crippen LogP contribution in [0.25, 0.3) is 0 Å². The monoisotopic (exact) mass is 396 g/mol. The van der Waals surface area contributed by atoms with E-state index in [4.69, 9.17) is 0 Å². The summed E-state index contributed by atoms with van der Waals surface area (Å²) in [5.41, 5.74) is 3.98. The molecule has 0 bridgehead atoms. The van der Waals surface area contributed by atoms with E-state index < -0.39 is 0 Å². The van der Waals surface area contributed by atoms with Gasteiger partial charge in [0.05, 0.1) is 5.75 Å². The van der Waals surface area contributed by atoms with Crippen molar-refractivity contribution in [2.24, 2.45) is 0 Å². The molecular formula is C23H28N2O2S. The fraction of sp³-hybridized carbons (Fsp3) is 0.391. The molecule has 0 spiro atoms. The molecule has 1 aliphatic rings.